The number of nitrogens with zero attached hydrogens (tertiary/aromatic N) is 3. The van der Waals surface area contributed by atoms with Crippen molar-refractivity contribution < 1.29 is 9.90 Å². The Kier molecular flexibility index (Phi) is 10.3. The second kappa shape index (κ2) is 12.7. The fourth-order valence-corrected chi connectivity index (χ4v) is 6.02. The summed E-state index contributed by atoms with van der Waals surface area (Å²) in [7, 11) is 0. The van der Waals surface area contributed by atoms with E-state index in [-0.39, 0.29) is 12.2 Å². The van der Waals surface area contributed by atoms with Crippen molar-refractivity contribution in [3.8, 4) is 0 Å². The van der Waals surface area contributed by atoms with Crippen LogP contribution in [-0.2, 0) is 4.79 Å². The molecular weight excluding hydrogens is 398 g/mol. The van der Waals surface area contributed by atoms with Crippen molar-refractivity contribution in [2.45, 2.75) is 147 Å². The molecule has 32 heavy (non-hydrogen) atoms. The van der Waals surface area contributed by atoms with Gasteiger partial charge in [-0.1, -0.05) is 97.8 Å². The van der Waals surface area contributed by atoms with Gasteiger partial charge in [0.1, 0.15) is 5.79 Å². The van der Waals surface area contributed by atoms with Crippen LogP contribution in [0.15, 0.2) is 0 Å². The van der Waals surface area contributed by atoms with Gasteiger partial charge < -0.3 is 5.11 Å². The van der Waals surface area contributed by atoms with E-state index in [1.165, 1.54) is 96.3 Å². The number of carboxylic acids is 1. The molecule has 5 heteroatoms. The third kappa shape index (κ3) is 6.93. The SMILES string of the molecule is CCCCCCC1CN1C(CC(=O)O)(N1CC1CCCCCC)N1CC1CCCCCC. The van der Waals surface area contributed by atoms with Crippen molar-refractivity contribution in [2.75, 3.05) is 19.6 Å². The summed E-state index contributed by atoms with van der Waals surface area (Å²) in [5.41, 5.74) is 0. The Bertz CT molecular complexity index is 505. The first-order chi connectivity index (χ1) is 15.6. The van der Waals surface area contributed by atoms with Crippen molar-refractivity contribution in [2.24, 2.45) is 0 Å². The molecule has 0 aromatic carbocycles. The molecule has 3 heterocycles. The second-order valence-corrected chi connectivity index (χ2v) is 10.8. The Morgan fingerprint density at radius 2 is 1.00 bits per heavy atom. The van der Waals surface area contributed by atoms with Crippen LogP contribution < -0.4 is 0 Å². The van der Waals surface area contributed by atoms with E-state index < -0.39 is 5.97 Å². The van der Waals surface area contributed by atoms with Crippen LogP contribution in [0.1, 0.15) is 124 Å². The third-order valence-electron chi connectivity index (χ3n) is 8.08. The molecule has 3 aliphatic heterocycles. The number of hydrogen-bond donors (Lipinski definition) is 1. The summed E-state index contributed by atoms with van der Waals surface area (Å²) in [6.45, 7) is 10.1. The van der Waals surface area contributed by atoms with Gasteiger partial charge in [0, 0.05) is 37.8 Å². The molecule has 0 spiro atoms. The highest BCUT2D eigenvalue weighted by atomic mass is 16.4. The number of carboxylic acid groups (broad SMARTS) is 1. The molecule has 3 aliphatic rings. The maximum atomic E-state index is 12.1. The second-order valence-electron chi connectivity index (χ2n) is 10.8. The summed E-state index contributed by atoms with van der Waals surface area (Å²) in [6.07, 6.45) is 19.6. The van der Waals surface area contributed by atoms with Gasteiger partial charge in [-0.15, -0.1) is 0 Å². The van der Waals surface area contributed by atoms with Gasteiger partial charge in [-0.25, -0.2) is 0 Å². The fourth-order valence-electron chi connectivity index (χ4n) is 6.02. The number of hydrogen-bond acceptors (Lipinski definition) is 4. The van der Waals surface area contributed by atoms with E-state index in [1.54, 1.807) is 0 Å². The summed E-state index contributed by atoms with van der Waals surface area (Å²) >= 11 is 0. The van der Waals surface area contributed by atoms with Crippen LogP contribution in [0.5, 0.6) is 0 Å². The van der Waals surface area contributed by atoms with Crippen molar-refractivity contribution >= 4 is 5.97 Å². The number of aliphatic carboxylic acids is 1. The molecule has 6 atom stereocenters. The van der Waals surface area contributed by atoms with E-state index in [2.05, 4.69) is 35.5 Å². The minimum Gasteiger partial charge on any atom is -0.481 e. The molecule has 0 aromatic rings. The largest absolute Gasteiger partial charge is 0.481 e. The maximum Gasteiger partial charge on any atom is 0.308 e. The highest BCUT2D eigenvalue weighted by molar-refractivity contribution is 5.68. The van der Waals surface area contributed by atoms with Gasteiger partial charge in [0.2, 0.25) is 0 Å². The molecule has 0 amide bonds. The molecule has 5 nitrogen and oxygen atoms in total. The molecule has 6 unspecified atom stereocenters. The molecular formula is C27H51N3O2. The van der Waals surface area contributed by atoms with Crippen molar-refractivity contribution in [3.63, 3.8) is 0 Å². The smallest absolute Gasteiger partial charge is 0.308 e. The Morgan fingerprint density at radius 3 is 1.28 bits per heavy atom. The first-order valence-electron chi connectivity index (χ1n) is 14.1. The van der Waals surface area contributed by atoms with Gasteiger partial charge in [-0.2, -0.15) is 0 Å². The Morgan fingerprint density at radius 1 is 0.656 bits per heavy atom. The topological polar surface area (TPSA) is 46.3 Å². The van der Waals surface area contributed by atoms with Crippen LogP contribution in [0.3, 0.4) is 0 Å². The Hall–Kier alpha value is -0.650. The van der Waals surface area contributed by atoms with Crippen LogP contribution in [0.2, 0.25) is 0 Å². The maximum absolute atomic E-state index is 12.1. The predicted molar refractivity (Wildman–Crippen MR) is 133 cm³/mol. The first kappa shape index (κ1) is 26.0. The van der Waals surface area contributed by atoms with Crippen molar-refractivity contribution in [1.29, 1.82) is 0 Å². The van der Waals surface area contributed by atoms with E-state index >= 15 is 0 Å². The lowest BCUT2D eigenvalue weighted by atomic mass is 10.1. The third-order valence-corrected chi connectivity index (χ3v) is 8.08. The zero-order valence-corrected chi connectivity index (χ0v) is 21.4. The van der Waals surface area contributed by atoms with Crippen molar-refractivity contribution in [3.05, 3.63) is 0 Å². The first-order valence-corrected chi connectivity index (χ1v) is 14.1. The summed E-state index contributed by atoms with van der Waals surface area (Å²) in [4.78, 5) is 19.9. The average Bonchev–Trinajstić information content (AvgIpc) is 3.65. The van der Waals surface area contributed by atoms with Crippen LogP contribution in [-0.4, -0.2) is 69.3 Å². The van der Waals surface area contributed by atoms with Crippen LogP contribution >= 0.6 is 0 Å². The highest BCUT2D eigenvalue weighted by Gasteiger charge is 2.67. The molecule has 0 radical (unpaired) electrons. The molecule has 0 aliphatic carbocycles. The van der Waals surface area contributed by atoms with E-state index in [0.29, 0.717) is 18.1 Å². The van der Waals surface area contributed by atoms with E-state index in [1.807, 2.05) is 0 Å². The number of unbranched alkanes of at least 4 members (excludes halogenated alkanes) is 9. The molecule has 0 saturated carbocycles. The monoisotopic (exact) mass is 449 g/mol. The quantitative estimate of drug-likeness (QED) is 0.180. The van der Waals surface area contributed by atoms with Gasteiger partial charge in [0.05, 0.1) is 6.42 Å². The molecule has 3 rings (SSSR count). The molecule has 1 N–H and O–H groups in total. The standard InChI is InChI=1S/C27H51N3O2/c1-4-7-10-13-16-23-20-28(23)27(19-26(31)32,29-21-24(29)17-14-11-8-5-2)30-22-25(30)18-15-12-9-6-3/h23-25H,4-22H2,1-3H3,(H,31,32). The van der Waals surface area contributed by atoms with Gasteiger partial charge in [0.25, 0.3) is 0 Å². The molecule has 0 bridgehead atoms. The van der Waals surface area contributed by atoms with Gasteiger partial charge in [0.15, 0.2) is 0 Å². The zero-order chi connectivity index (χ0) is 23.0. The normalized spacial score (nSPS) is 32.5. The summed E-state index contributed by atoms with van der Waals surface area (Å²) in [6, 6.07) is 1.77. The summed E-state index contributed by atoms with van der Waals surface area (Å²) < 4.78 is 0. The van der Waals surface area contributed by atoms with Crippen LogP contribution in [0.4, 0.5) is 0 Å². The van der Waals surface area contributed by atoms with Gasteiger partial charge in [-0.3, -0.25) is 19.5 Å². The molecule has 186 valence electrons. The number of carbonyl (C=O) groups is 1. The lowest BCUT2D eigenvalue weighted by Gasteiger charge is -2.39. The number of rotatable bonds is 20. The minimum atomic E-state index is -0.630. The van der Waals surface area contributed by atoms with Gasteiger partial charge >= 0.3 is 5.97 Å². The Labute approximate surface area is 197 Å². The van der Waals surface area contributed by atoms with Crippen LogP contribution in [0, 0.1) is 0 Å². The fraction of sp³-hybridized carbons (Fsp3) is 0.963. The van der Waals surface area contributed by atoms with Crippen molar-refractivity contribution in [1.82, 2.24) is 14.7 Å². The molecule has 3 fully saturated rings. The van der Waals surface area contributed by atoms with E-state index in [9.17, 15) is 9.90 Å². The van der Waals surface area contributed by atoms with E-state index in [0.717, 1.165) is 19.6 Å². The average molecular weight is 450 g/mol. The predicted octanol–water partition coefficient (Wildman–Crippen LogP) is 6.08. The minimum absolute atomic E-state index is 0.259. The lowest BCUT2D eigenvalue weighted by Crippen LogP contribution is -2.56. The summed E-state index contributed by atoms with van der Waals surface area (Å²) in [5.74, 6) is -0.971. The highest BCUT2D eigenvalue weighted by Crippen LogP contribution is 2.51. The van der Waals surface area contributed by atoms with E-state index in [4.69, 9.17) is 0 Å². The van der Waals surface area contributed by atoms with Crippen LogP contribution in [0.25, 0.3) is 0 Å². The van der Waals surface area contributed by atoms with Gasteiger partial charge in [-0.05, 0) is 19.3 Å². The molecule has 3 saturated heterocycles. The molecule has 0 aromatic heterocycles. The summed E-state index contributed by atoms with van der Waals surface area (Å²) in [5, 5.41) is 10.00. The Balaban J connectivity index is 1.63. The zero-order valence-electron chi connectivity index (χ0n) is 21.4. The lowest BCUT2D eigenvalue weighted by molar-refractivity contribution is -0.146.